The number of carbonyl (C=O) groups is 2. The van der Waals surface area contributed by atoms with Crippen LogP contribution in [0.3, 0.4) is 0 Å². The van der Waals surface area contributed by atoms with Crippen LogP contribution in [0, 0.1) is 6.92 Å². The number of halogens is 2. The van der Waals surface area contributed by atoms with Crippen molar-refractivity contribution in [3.8, 4) is 0 Å². The number of hydrogen-bond acceptors (Lipinski definition) is 4. The minimum absolute atomic E-state index is 0.0549. The lowest BCUT2D eigenvalue weighted by molar-refractivity contribution is -0.139. The minimum atomic E-state index is -3.77. The summed E-state index contributed by atoms with van der Waals surface area (Å²) in [5.41, 5.74) is 1.98. The number of nitrogens with one attached hydrogen (secondary N) is 1. The van der Waals surface area contributed by atoms with Crippen LogP contribution >= 0.6 is 27.5 Å². The van der Waals surface area contributed by atoms with Crippen molar-refractivity contribution >= 4 is 55.1 Å². The van der Waals surface area contributed by atoms with E-state index in [1.54, 1.807) is 49.4 Å². The molecule has 0 aliphatic carbocycles. The van der Waals surface area contributed by atoms with Crippen LogP contribution in [0.25, 0.3) is 0 Å². The van der Waals surface area contributed by atoms with Crippen LogP contribution in [0.4, 0.5) is 5.69 Å². The molecule has 0 spiro atoms. The molecule has 10 heteroatoms. The quantitative estimate of drug-likeness (QED) is 0.454. The molecule has 0 saturated heterocycles. The highest BCUT2D eigenvalue weighted by Crippen LogP contribution is 2.25. The van der Waals surface area contributed by atoms with E-state index in [2.05, 4.69) is 21.2 Å². The molecule has 0 radical (unpaired) electrons. The molecule has 0 bridgehead atoms. The molecule has 2 rings (SSSR count). The van der Waals surface area contributed by atoms with Crippen molar-refractivity contribution in [1.82, 2.24) is 10.2 Å². The molecular weight excluding hydrogens is 542 g/mol. The molecule has 0 aromatic heterocycles. The van der Waals surface area contributed by atoms with Gasteiger partial charge in [-0.15, -0.1) is 0 Å². The van der Waals surface area contributed by atoms with Gasteiger partial charge >= 0.3 is 0 Å². The molecule has 0 saturated carbocycles. The van der Waals surface area contributed by atoms with Crippen molar-refractivity contribution in [3.05, 3.63) is 63.1 Å². The van der Waals surface area contributed by atoms with Crippen molar-refractivity contribution in [2.75, 3.05) is 17.1 Å². The SMILES string of the molecule is CC[C@H](C)NC(=O)[C@@H](C)N(Cc1ccc(Cl)cc1)C(=O)CN(c1ccc(Br)c(C)c1)S(C)(=O)=O. The second-order valence-electron chi connectivity index (χ2n) is 8.35. The monoisotopic (exact) mass is 571 g/mol. The van der Waals surface area contributed by atoms with Gasteiger partial charge < -0.3 is 10.2 Å². The van der Waals surface area contributed by atoms with Gasteiger partial charge in [-0.05, 0) is 68.7 Å². The van der Waals surface area contributed by atoms with Crippen molar-refractivity contribution in [2.24, 2.45) is 0 Å². The highest BCUT2D eigenvalue weighted by atomic mass is 79.9. The molecule has 0 heterocycles. The molecule has 2 amide bonds. The third-order valence-corrected chi connectivity index (χ3v) is 7.83. The maximum absolute atomic E-state index is 13.5. The number of nitrogens with zero attached hydrogens (tertiary/aromatic N) is 2. The molecule has 34 heavy (non-hydrogen) atoms. The zero-order chi connectivity index (χ0) is 25.6. The minimum Gasteiger partial charge on any atom is -0.352 e. The summed E-state index contributed by atoms with van der Waals surface area (Å²) in [4.78, 5) is 27.8. The van der Waals surface area contributed by atoms with Gasteiger partial charge in [0.1, 0.15) is 12.6 Å². The molecule has 0 unspecified atom stereocenters. The van der Waals surface area contributed by atoms with Gasteiger partial charge in [0.05, 0.1) is 11.9 Å². The Bertz CT molecular complexity index is 1130. The number of amides is 2. The van der Waals surface area contributed by atoms with E-state index in [1.807, 2.05) is 20.8 Å². The molecule has 0 aliphatic heterocycles. The Labute approximate surface area is 215 Å². The molecule has 2 aromatic rings. The summed E-state index contributed by atoms with van der Waals surface area (Å²) in [6.45, 7) is 7.01. The normalized spacial score (nSPS) is 13.1. The molecule has 7 nitrogen and oxygen atoms in total. The van der Waals surface area contributed by atoms with Crippen molar-refractivity contribution in [3.63, 3.8) is 0 Å². The Morgan fingerprint density at radius 2 is 1.74 bits per heavy atom. The van der Waals surface area contributed by atoms with E-state index in [-0.39, 0.29) is 18.5 Å². The molecule has 2 atom stereocenters. The zero-order valence-corrected chi connectivity index (χ0v) is 23.2. The molecule has 0 fully saturated rings. The van der Waals surface area contributed by atoms with Crippen LogP contribution in [0.15, 0.2) is 46.9 Å². The Morgan fingerprint density at radius 1 is 1.12 bits per heavy atom. The summed E-state index contributed by atoms with van der Waals surface area (Å²) in [5, 5.41) is 3.45. The smallest absolute Gasteiger partial charge is 0.244 e. The van der Waals surface area contributed by atoms with E-state index in [9.17, 15) is 18.0 Å². The fourth-order valence-corrected chi connectivity index (χ4v) is 4.45. The number of aryl methyl sites for hydroxylation is 1. The van der Waals surface area contributed by atoms with E-state index in [1.165, 1.54) is 4.90 Å². The first-order valence-corrected chi connectivity index (χ1v) is 13.9. The van der Waals surface area contributed by atoms with Crippen LogP contribution in [0.5, 0.6) is 0 Å². The Hall–Kier alpha value is -2.10. The average Bonchev–Trinajstić information content (AvgIpc) is 2.77. The van der Waals surface area contributed by atoms with Crippen molar-refractivity contribution in [1.29, 1.82) is 0 Å². The topological polar surface area (TPSA) is 86.8 Å². The highest BCUT2D eigenvalue weighted by molar-refractivity contribution is 9.10. The summed E-state index contributed by atoms with van der Waals surface area (Å²) in [7, 11) is -3.77. The van der Waals surface area contributed by atoms with Crippen LogP contribution in [-0.2, 0) is 26.2 Å². The first-order valence-electron chi connectivity index (χ1n) is 10.9. The largest absolute Gasteiger partial charge is 0.352 e. The molecule has 1 N–H and O–H groups in total. The Morgan fingerprint density at radius 3 is 2.26 bits per heavy atom. The summed E-state index contributed by atoms with van der Waals surface area (Å²) in [6, 6.07) is 11.2. The van der Waals surface area contributed by atoms with Crippen LogP contribution < -0.4 is 9.62 Å². The lowest BCUT2D eigenvalue weighted by atomic mass is 10.1. The summed E-state index contributed by atoms with van der Waals surface area (Å²) in [5.74, 6) is -0.796. The third-order valence-electron chi connectivity index (χ3n) is 5.54. The van der Waals surface area contributed by atoms with E-state index in [0.717, 1.165) is 32.6 Å². The third kappa shape index (κ3) is 7.71. The molecule has 186 valence electrons. The lowest BCUT2D eigenvalue weighted by Crippen LogP contribution is -2.52. The van der Waals surface area contributed by atoms with Crippen LogP contribution in [-0.4, -0.2) is 50.0 Å². The maximum Gasteiger partial charge on any atom is 0.244 e. The van der Waals surface area contributed by atoms with Gasteiger partial charge in [-0.2, -0.15) is 0 Å². The molecule has 2 aromatic carbocycles. The average molecular weight is 573 g/mol. The molecule has 0 aliphatic rings. The predicted octanol–water partition coefficient (Wildman–Crippen LogP) is 4.51. The first kappa shape index (κ1) is 28.1. The molecular formula is C24H31BrClN3O4S. The van der Waals surface area contributed by atoms with Gasteiger partial charge in [0, 0.05) is 22.1 Å². The second-order valence-corrected chi connectivity index (χ2v) is 11.5. The highest BCUT2D eigenvalue weighted by Gasteiger charge is 2.30. The summed E-state index contributed by atoms with van der Waals surface area (Å²) >= 11 is 9.39. The van der Waals surface area contributed by atoms with E-state index < -0.39 is 28.5 Å². The number of sulfonamides is 1. The predicted molar refractivity (Wildman–Crippen MR) is 140 cm³/mol. The van der Waals surface area contributed by atoms with Crippen molar-refractivity contribution in [2.45, 2.75) is 52.7 Å². The van der Waals surface area contributed by atoms with Crippen LogP contribution in [0.2, 0.25) is 5.02 Å². The van der Waals surface area contributed by atoms with Gasteiger partial charge in [-0.3, -0.25) is 13.9 Å². The Kier molecular flexibility index (Phi) is 9.96. The van der Waals surface area contributed by atoms with E-state index in [0.29, 0.717) is 10.7 Å². The zero-order valence-electron chi connectivity index (χ0n) is 20.0. The standard InChI is InChI=1S/C24H31BrClN3O4S/c1-6-17(3)27-24(31)18(4)28(14-19-7-9-20(26)10-8-19)23(30)15-29(34(5,32)33)21-11-12-22(25)16(2)13-21/h7-13,17-18H,6,14-15H2,1-5H3,(H,27,31)/t17-,18+/m0/s1. The summed E-state index contributed by atoms with van der Waals surface area (Å²) in [6.07, 6.45) is 1.80. The number of hydrogen-bond donors (Lipinski definition) is 1. The van der Waals surface area contributed by atoms with Gasteiger partial charge in [-0.1, -0.05) is 46.6 Å². The number of benzene rings is 2. The van der Waals surface area contributed by atoms with E-state index >= 15 is 0 Å². The fourth-order valence-electron chi connectivity index (χ4n) is 3.23. The second kappa shape index (κ2) is 12.0. The van der Waals surface area contributed by atoms with Gasteiger partial charge in [0.15, 0.2) is 0 Å². The van der Waals surface area contributed by atoms with Gasteiger partial charge in [0.2, 0.25) is 21.8 Å². The van der Waals surface area contributed by atoms with Crippen LogP contribution in [0.1, 0.15) is 38.3 Å². The number of rotatable bonds is 10. The van der Waals surface area contributed by atoms with Gasteiger partial charge in [-0.25, -0.2) is 8.42 Å². The van der Waals surface area contributed by atoms with Crippen molar-refractivity contribution < 1.29 is 18.0 Å². The van der Waals surface area contributed by atoms with E-state index in [4.69, 9.17) is 11.6 Å². The van der Waals surface area contributed by atoms with Gasteiger partial charge in [0.25, 0.3) is 0 Å². The maximum atomic E-state index is 13.5. The number of carbonyl (C=O) groups excluding carboxylic acids is 2. The fraction of sp³-hybridized carbons (Fsp3) is 0.417. The first-order chi connectivity index (χ1) is 15.8. The Balaban J connectivity index is 2.39. The summed E-state index contributed by atoms with van der Waals surface area (Å²) < 4.78 is 27.1. The lowest BCUT2D eigenvalue weighted by Gasteiger charge is -2.32. The number of anilines is 1.